The molecule has 2 aromatic heterocycles. The minimum absolute atomic E-state index is 0.171. The molecule has 0 spiro atoms. The molecular formula is C31H31ClN6O3. The molecule has 210 valence electrons. The van der Waals surface area contributed by atoms with E-state index in [1.54, 1.807) is 18.0 Å². The highest BCUT2D eigenvalue weighted by Crippen LogP contribution is 2.41. The van der Waals surface area contributed by atoms with Gasteiger partial charge in [-0.2, -0.15) is 9.97 Å². The van der Waals surface area contributed by atoms with Crippen LogP contribution in [0.25, 0.3) is 11.2 Å². The summed E-state index contributed by atoms with van der Waals surface area (Å²) >= 11 is 6.70. The number of aliphatic hydroxyl groups is 1. The van der Waals surface area contributed by atoms with Crippen molar-refractivity contribution in [3.63, 3.8) is 0 Å². The third-order valence-corrected chi connectivity index (χ3v) is 7.98. The number of nitrogens with two attached hydrogens (primary N) is 1. The van der Waals surface area contributed by atoms with E-state index in [9.17, 15) is 5.11 Å². The van der Waals surface area contributed by atoms with Crippen LogP contribution >= 0.6 is 11.6 Å². The zero-order valence-electron chi connectivity index (χ0n) is 22.7. The summed E-state index contributed by atoms with van der Waals surface area (Å²) in [6.07, 6.45) is 0.241. The molecule has 4 atom stereocenters. The number of aromatic nitrogens is 4. The van der Waals surface area contributed by atoms with Gasteiger partial charge in [0, 0.05) is 0 Å². The summed E-state index contributed by atoms with van der Waals surface area (Å²) in [5.41, 5.74) is 9.03. The molecule has 1 saturated heterocycles. The van der Waals surface area contributed by atoms with Gasteiger partial charge in [0.2, 0.25) is 5.95 Å². The van der Waals surface area contributed by atoms with Gasteiger partial charge < -0.3 is 25.6 Å². The Morgan fingerprint density at radius 1 is 0.976 bits per heavy atom. The van der Waals surface area contributed by atoms with Crippen molar-refractivity contribution in [2.45, 2.75) is 43.4 Å². The average Bonchev–Trinajstić information content (AvgIpc) is 3.57. The van der Waals surface area contributed by atoms with Crippen LogP contribution in [0.5, 0.6) is 5.75 Å². The topological polar surface area (TPSA) is 120 Å². The number of anilines is 1. The van der Waals surface area contributed by atoms with Gasteiger partial charge >= 0.3 is 0 Å². The second-order valence-corrected chi connectivity index (χ2v) is 10.4. The number of halogens is 1. The monoisotopic (exact) mass is 570 g/mol. The van der Waals surface area contributed by atoms with Gasteiger partial charge in [-0.05, 0) is 35.2 Å². The first-order chi connectivity index (χ1) is 20.0. The Morgan fingerprint density at radius 3 is 2.15 bits per heavy atom. The van der Waals surface area contributed by atoms with E-state index in [1.807, 2.05) is 67.6 Å². The second kappa shape index (κ2) is 11.1. The summed E-state index contributed by atoms with van der Waals surface area (Å²) in [7, 11) is 1.64. The molecule has 4 N–H and O–H groups in total. The van der Waals surface area contributed by atoms with Crippen LogP contribution in [-0.4, -0.2) is 50.0 Å². The molecule has 41 heavy (non-hydrogen) atoms. The fourth-order valence-corrected chi connectivity index (χ4v) is 5.80. The maximum atomic E-state index is 10.9. The van der Waals surface area contributed by atoms with Crippen LogP contribution in [0, 0.1) is 0 Å². The van der Waals surface area contributed by atoms with E-state index < -0.39 is 23.9 Å². The molecule has 1 fully saturated rings. The summed E-state index contributed by atoms with van der Waals surface area (Å²) in [5.74, 6) is 1.02. The van der Waals surface area contributed by atoms with Crippen molar-refractivity contribution >= 4 is 28.7 Å². The first-order valence-electron chi connectivity index (χ1n) is 13.5. The van der Waals surface area contributed by atoms with Gasteiger partial charge in [0.25, 0.3) is 0 Å². The highest BCUT2D eigenvalue weighted by atomic mass is 35.5. The smallest absolute Gasteiger partial charge is 0.227 e. The summed E-state index contributed by atoms with van der Waals surface area (Å²) in [4.78, 5) is 13.9. The van der Waals surface area contributed by atoms with Crippen molar-refractivity contribution < 1.29 is 14.6 Å². The maximum Gasteiger partial charge on any atom is 0.227 e. The van der Waals surface area contributed by atoms with Crippen LogP contribution in [0.2, 0.25) is 5.15 Å². The predicted molar refractivity (Wildman–Crippen MR) is 158 cm³/mol. The van der Waals surface area contributed by atoms with Crippen molar-refractivity contribution in [1.29, 1.82) is 0 Å². The van der Waals surface area contributed by atoms with E-state index in [2.05, 4.69) is 39.6 Å². The third-order valence-electron chi connectivity index (χ3n) is 7.72. The Bertz CT molecular complexity index is 1590. The fourth-order valence-electron chi connectivity index (χ4n) is 5.58. The Kier molecular flexibility index (Phi) is 7.35. The lowest BCUT2D eigenvalue weighted by Crippen LogP contribution is -2.39. The molecule has 0 unspecified atom stereocenters. The molecule has 3 aromatic carbocycles. The molecular weight excluding hydrogens is 540 g/mol. The Labute approximate surface area is 242 Å². The molecule has 0 bridgehead atoms. The highest BCUT2D eigenvalue weighted by molar-refractivity contribution is 6.33. The van der Waals surface area contributed by atoms with Gasteiger partial charge in [-0.15, -0.1) is 0 Å². The largest absolute Gasteiger partial charge is 0.497 e. The van der Waals surface area contributed by atoms with Gasteiger partial charge in [0.15, 0.2) is 17.0 Å². The number of aliphatic hydroxyl groups excluding tert-OH is 1. The van der Waals surface area contributed by atoms with Crippen LogP contribution in [0.3, 0.4) is 0 Å². The Hall–Kier alpha value is -4.02. The molecule has 0 radical (unpaired) electrons. The van der Waals surface area contributed by atoms with Crippen molar-refractivity contribution in [1.82, 2.24) is 19.5 Å². The Morgan fingerprint density at radius 2 is 1.59 bits per heavy atom. The van der Waals surface area contributed by atoms with Gasteiger partial charge in [-0.1, -0.05) is 91.3 Å². The lowest BCUT2D eigenvalue weighted by Gasteiger charge is -2.37. The molecule has 1 aliphatic heterocycles. The van der Waals surface area contributed by atoms with Crippen LogP contribution in [0.1, 0.15) is 36.3 Å². The zero-order chi connectivity index (χ0) is 28.6. The fraction of sp³-hybridized carbons (Fsp3) is 0.258. The quantitative estimate of drug-likeness (QED) is 0.178. The summed E-state index contributed by atoms with van der Waals surface area (Å²) in [5, 5.41) is 14.7. The number of rotatable bonds is 8. The molecule has 3 heterocycles. The normalized spacial score (nSPS) is 20.8. The number of methoxy groups -OCH3 is 1. The summed E-state index contributed by atoms with van der Waals surface area (Å²) in [6.45, 7) is 1.97. The van der Waals surface area contributed by atoms with Crippen molar-refractivity contribution in [2.24, 2.45) is 5.73 Å². The molecule has 1 aliphatic rings. The maximum absolute atomic E-state index is 10.9. The van der Waals surface area contributed by atoms with E-state index in [0.717, 1.165) is 22.4 Å². The van der Waals surface area contributed by atoms with E-state index in [-0.39, 0.29) is 17.2 Å². The minimum atomic E-state index is -0.936. The van der Waals surface area contributed by atoms with E-state index in [1.165, 1.54) is 0 Å². The summed E-state index contributed by atoms with van der Waals surface area (Å²) in [6, 6.07) is 27.5. The number of hydrogen-bond donors (Lipinski definition) is 3. The first kappa shape index (κ1) is 27.2. The second-order valence-electron chi connectivity index (χ2n) is 10.0. The predicted octanol–water partition coefficient (Wildman–Crippen LogP) is 4.89. The Balaban J connectivity index is 1.53. The van der Waals surface area contributed by atoms with Gasteiger partial charge in [-0.3, -0.25) is 4.57 Å². The number of imidazole rings is 1. The minimum Gasteiger partial charge on any atom is -0.497 e. The van der Waals surface area contributed by atoms with Crippen LogP contribution < -0.4 is 15.8 Å². The molecule has 10 heteroatoms. The highest BCUT2D eigenvalue weighted by Gasteiger charge is 2.43. The molecule has 9 nitrogen and oxygen atoms in total. The number of benzene rings is 3. The molecule has 0 aliphatic carbocycles. The van der Waals surface area contributed by atoms with E-state index in [4.69, 9.17) is 31.8 Å². The standard InChI is InChI=1S/C31H31ClN6O3/c1-3-23-24(33)26(39)29(41-23)38-18-34-25-27(32)35-30(36-28(25)38)37-31(19-10-6-4-7-11-19,20-12-8-5-9-13-20)21-14-16-22(40-2)17-15-21/h4-18,23-24,26,29,39H,3,33H2,1-2H3,(H,35,36,37)/t23-,24-,26-,29-/m1/s1. The van der Waals surface area contributed by atoms with Gasteiger partial charge in [-0.25, -0.2) is 4.98 Å². The summed E-state index contributed by atoms with van der Waals surface area (Å²) < 4.78 is 13.2. The third kappa shape index (κ3) is 4.70. The van der Waals surface area contributed by atoms with Crippen molar-refractivity contribution in [2.75, 3.05) is 12.4 Å². The number of hydrogen-bond acceptors (Lipinski definition) is 8. The molecule has 0 amide bonds. The zero-order valence-corrected chi connectivity index (χ0v) is 23.4. The SMILES string of the molecule is CC[C@H]1O[C@@H](n2cnc3c(Cl)nc(NC(c4ccccc4)(c4ccccc4)c4ccc(OC)cc4)nc32)[C@H](O)[C@@H]1N. The number of fused-ring (bicyclic) bond motifs is 1. The first-order valence-corrected chi connectivity index (χ1v) is 13.9. The molecule has 0 saturated carbocycles. The number of ether oxygens (including phenoxy) is 2. The van der Waals surface area contributed by atoms with Crippen LogP contribution in [-0.2, 0) is 10.3 Å². The van der Waals surface area contributed by atoms with Crippen LogP contribution in [0.4, 0.5) is 5.95 Å². The molecule has 6 rings (SSSR count). The number of nitrogens with zero attached hydrogens (tertiary/aromatic N) is 4. The lowest BCUT2D eigenvalue weighted by molar-refractivity contribution is -0.0355. The van der Waals surface area contributed by atoms with E-state index in [0.29, 0.717) is 17.6 Å². The van der Waals surface area contributed by atoms with Crippen molar-refractivity contribution in [3.8, 4) is 5.75 Å². The van der Waals surface area contributed by atoms with Crippen molar-refractivity contribution in [3.05, 3.63) is 113 Å². The average molecular weight is 571 g/mol. The molecule has 5 aromatic rings. The van der Waals surface area contributed by atoms with Crippen LogP contribution in [0.15, 0.2) is 91.3 Å². The van der Waals surface area contributed by atoms with Gasteiger partial charge in [0.05, 0.1) is 25.6 Å². The lowest BCUT2D eigenvalue weighted by atomic mass is 9.77. The number of nitrogens with one attached hydrogen (secondary N) is 1. The van der Waals surface area contributed by atoms with Gasteiger partial charge in [0.1, 0.15) is 22.9 Å². The van der Waals surface area contributed by atoms with E-state index >= 15 is 0 Å².